The van der Waals surface area contributed by atoms with Gasteiger partial charge in [0.15, 0.2) is 0 Å². The summed E-state index contributed by atoms with van der Waals surface area (Å²) < 4.78 is 5.40. The van der Waals surface area contributed by atoms with E-state index in [1.165, 1.54) is 12.3 Å². The molecule has 0 aliphatic rings. The molecular formula is C29H26N2O3. The molecule has 0 radical (unpaired) electrons. The fourth-order valence-electron chi connectivity index (χ4n) is 3.68. The molecule has 0 unspecified atom stereocenters. The lowest BCUT2D eigenvalue weighted by Crippen LogP contribution is -2.37. The van der Waals surface area contributed by atoms with Crippen LogP contribution in [0.2, 0.25) is 0 Å². The third-order valence-corrected chi connectivity index (χ3v) is 5.54. The van der Waals surface area contributed by atoms with E-state index in [1.807, 2.05) is 80.6 Å². The van der Waals surface area contributed by atoms with Crippen molar-refractivity contribution >= 4 is 17.9 Å². The van der Waals surface area contributed by atoms with Crippen LogP contribution in [0.1, 0.15) is 44.4 Å². The molecule has 2 amide bonds. The third-order valence-electron chi connectivity index (χ3n) is 5.54. The van der Waals surface area contributed by atoms with Crippen LogP contribution in [0, 0.1) is 13.8 Å². The maximum atomic E-state index is 13.5. The van der Waals surface area contributed by atoms with Crippen molar-refractivity contribution < 1.29 is 14.0 Å². The van der Waals surface area contributed by atoms with Crippen LogP contribution in [0.25, 0.3) is 6.08 Å². The SMILES string of the molecule is Cc1ccc(C(=O)N/C(=C\c2ccco2)C(=O)N[C@H](c2ccccc2)c2ccccc2C)cc1. The van der Waals surface area contributed by atoms with Crippen molar-refractivity contribution in [2.45, 2.75) is 19.9 Å². The normalized spacial score (nSPS) is 12.1. The molecular weight excluding hydrogens is 424 g/mol. The molecule has 5 heteroatoms. The third kappa shape index (κ3) is 5.51. The summed E-state index contributed by atoms with van der Waals surface area (Å²) in [6, 6.07) is 27.9. The lowest BCUT2D eigenvalue weighted by atomic mass is 9.95. The Labute approximate surface area is 199 Å². The van der Waals surface area contributed by atoms with Crippen LogP contribution in [0.5, 0.6) is 0 Å². The van der Waals surface area contributed by atoms with E-state index in [0.29, 0.717) is 11.3 Å². The minimum absolute atomic E-state index is 0.0926. The van der Waals surface area contributed by atoms with Crippen molar-refractivity contribution in [3.05, 3.63) is 137 Å². The second kappa shape index (κ2) is 10.5. The monoisotopic (exact) mass is 450 g/mol. The lowest BCUT2D eigenvalue weighted by Gasteiger charge is -2.22. The quantitative estimate of drug-likeness (QED) is 0.362. The first-order chi connectivity index (χ1) is 16.5. The van der Waals surface area contributed by atoms with E-state index in [2.05, 4.69) is 10.6 Å². The van der Waals surface area contributed by atoms with Crippen molar-refractivity contribution in [1.82, 2.24) is 10.6 Å². The van der Waals surface area contributed by atoms with Crippen LogP contribution in [0.15, 0.2) is 107 Å². The minimum Gasteiger partial charge on any atom is -0.465 e. The van der Waals surface area contributed by atoms with Crippen molar-refractivity contribution in [2.75, 3.05) is 0 Å². The number of carbonyl (C=O) groups is 2. The molecule has 34 heavy (non-hydrogen) atoms. The number of aryl methyl sites for hydroxylation is 2. The summed E-state index contributed by atoms with van der Waals surface area (Å²) in [7, 11) is 0. The highest BCUT2D eigenvalue weighted by molar-refractivity contribution is 6.05. The molecule has 170 valence electrons. The first kappa shape index (κ1) is 22.8. The molecule has 1 aromatic heterocycles. The first-order valence-electron chi connectivity index (χ1n) is 11.1. The van der Waals surface area contributed by atoms with E-state index in [-0.39, 0.29) is 11.6 Å². The molecule has 5 nitrogen and oxygen atoms in total. The molecule has 0 aliphatic carbocycles. The van der Waals surface area contributed by atoms with Gasteiger partial charge < -0.3 is 15.1 Å². The number of rotatable bonds is 7. The number of hydrogen-bond donors (Lipinski definition) is 2. The smallest absolute Gasteiger partial charge is 0.268 e. The van der Waals surface area contributed by atoms with Crippen molar-refractivity contribution in [1.29, 1.82) is 0 Å². The van der Waals surface area contributed by atoms with Crippen molar-refractivity contribution in [3.8, 4) is 0 Å². The molecule has 0 aliphatic heterocycles. The topological polar surface area (TPSA) is 71.3 Å². The van der Waals surface area contributed by atoms with Gasteiger partial charge in [0.2, 0.25) is 0 Å². The fraction of sp³-hybridized carbons (Fsp3) is 0.103. The molecule has 4 rings (SSSR count). The number of hydrogen-bond acceptors (Lipinski definition) is 3. The van der Waals surface area contributed by atoms with Gasteiger partial charge in [-0.15, -0.1) is 0 Å². The lowest BCUT2D eigenvalue weighted by molar-refractivity contribution is -0.118. The molecule has 1 heterocycles. The Kier molecular flexibility index (Phi) is 7.04. The highest BCUT2D eigenvalue weighted by atomic mass is 16.3. The molecule has 3 aromatic carbocycles. The summed E-state index contributed by atoms with van der Waals surface area (Å²) in [5.41, 5.74) is 4.57. The second-order valence-corrected chi connectivity index (χ2v) is 8.07. The number of furan rings is 1. The standard InChI is InChI=1S/C29H26N2O3/c1-20-14-16-23(17-15-20)28(32)30-26(19-24-12-8-18-34-24)29(33)31-27(22-10-4-3-5-11-22)25-13-7-6-9-21(25)2/h3-19,27H,1-2H3,(H,30,32)(H,31,33)/b26-19-/t27-/m1/s1. The summed E-state index contributed by atoms with van der Waals surface area (Å²) in [6.07, 6.45) is 3.05. The van der Waals surface area contributed by atoms with Gasteiger partial charge in [0.05, 0.1) is 12.3 Å². The summed E-state index contributed by atoms with van der Waals surface area (Å²) in [5, 5.41) is 5.87. The molecule has 0 spiro atoms. The van der Waals surface area contributed by atoms with Crippen LogP contribution in [-0.4, -0.2) is 11.8 Å². The van der Waals surface area contributed by atoms with E-state index in [0.717, 1.165) is 22.3 Å². The Bertz CT molecular complexity index is 1290. The highest BCUT2D eigenvalue weighted by Crippen LogP contribution is 2.25. The maximum Gasteiger partial charge on any atom is 0.268 e. The summed E-state index contributed by atoms with van der Waals surface area (Å²) in [5.74, 6) is -0.337. The van der Waals surface area contributed by atoms with Gasteiger partial charge >= 0.3 is 0 Å². The first-order valence-corrected chi connectivity index (χ1v) is 11.1. The van der Waals surface area contributed by atoms with Crippen LogP contribution in [0.3, 0.4) is 0 Å². The predicted molar refractivity (Wildman–Crippen MR) is 133 cm³/mol. The highest BCUT2D eigenvalue weighted by Gasteiger charge is 2.22. The summed E-state index contributed by atoms with van der Waals surface area (Å²) in [6.45, 7) is 3.96. The van der Waals surface area contributed by atoms with Gasteiger partial charge in [0.25, 0.3) is 11.8 Å². The zero-order chi connectivity index (χ0) is 23.9. The molecule has 0 fully saturated rings. The van der Waals surface area contributed by atoms with E-state index >= 15 is 0 Å². The van der Waals surface area contributed by atoms with Gasteiger partial charge in [-0.05, 0) is 54.8 Å². The second-order valence-electron chi connectivity index (χ2n) is 8.07. The molecule has 4 aromatic rings. The van der Waals surface area contributed by atoms with Crippen molar-refractivity contribution in [2.24, 2.45) is 0 Å². The van der Waals surface area contributed by atoms with Gasteiger partial charge in [-0.3, -0.25) is 9.59 Å². The summed E-state index contributed by atoms with van der Waals surface area (Å²) >= 11 is 0. The molecule has 2 N–H and O–H groups in total. The Hall–Kier alpha value is -4.38. The largest absolute Gasteiger partial charge is 0.465 e. The van der Waals surface area contributed by atoms with E-state index in [1.54, 1.807) is 24.3 Å². The zero-order valence-corrected chi connectivity index (χ0v) is 19.1. The van der Waals surface area contributed by atoms with Gasteiger partial charge in [-0.25, -0.2) is 0 Å². The zero-order valence-electron chi connectivity index (χ0n) is 19.1. The van der Waals surface area contributed by atoms with E-state index in [4.69, 9.17) is 4.42 Å². The van der Waals surface area contributed by atoms with Crippen LogP contribution >= 0.6 is 0 Å². The van der Waals surface area contributed by atoms with Gasteiger partial charge in [-0.1, -0.05) is 72.3 Å². The van der Waals surface area contributed by atoms with Crippen molar-refractivity contribution in [3.63, 3.8) is 0 Å². The summed E-state index contributed by atoms with van der Waals surface area (Å²) in [4.78, 5) is 26.4. The fourth-order valence-corrected chi connectivity index (χ4v) is 3.68. The van der Waals surface area contributed by atoms with Gasteiger partial charge in [-0.2, -0.15) is 0 Å². The number of nitrogens with one attached hydrogen (secondary N) is 2. The Morgan fingerprint density at radius 3 is 2.21 bits per heavy atom. The molecule has 1 atom stereocenters. The molecule has 0 saturated carbocycles. The van der Waals surface area contributed by atoms with Crippen LogP contribution in [-0.2, 0) is 4.79 Å². The van der Waals surface area contributed by atoms with Crippen LogP contribution in [0.4, 0.5) is 0 Å². The predicted octanol–water partition coefficient (Wildman–Crippen LogP) is 5.57. The molecule has 0 bridgehead atoms. The average molecular weight is 451 g/mol. The minimum atomic E-state index is -0.422. The Morgan fingerprint density at radius 1 is 0.824 bits per heavy atom. The Morgan fingerprint density at radius 2 is 1.53 bits per heavy atom. The maximum absolute atomic E-state index is 13.5. The number of carbonyl (C=O) groups excluding carboxylic acids is 2. The average Bonchev–Trinajstić information content (AvgIpc) is 3.37. The number of benzene rings is 3. The van der Waals surface area contributed by atoms with E-state index in [9.17, 15) is 9.59 Å². The molecule has 0 saturated heterocycles. The Balaban J connectivity index is 1.66. The van der Waals surface area contributed by atoms with Gasteiger partial charge in [0.1, 0.15) is 11.5 Å². The number of amides is 2. The van der Waals surface area contributed by atoms with Gasteiger partial charge in [0, 0.05) is 11.6 Å². The van der Waals surface area contributed by atoms with E-state index < -0.39 is 11.9 Å². The van der Waals surface area contributed by atoms with Crippen LogP contribution < -0.4 is 10.6 Å².